The van der Waals surface area contributed by atoms with E-state index in [1.165, 1.54) is 11.1 Å². The maximum Gasteiger partial charge on any atom is 0.315 e. The maximum atomic E-state index is 12.0. The molecule has 24 heavy (non-hydrogen) atoms. The van der Waals surface area contributed by atoms with Crippen molar-refractivity contribution in [2.75, 3.05) is 13.7 Å². The number of hydrogen-bond acceptors (Lipinski definition) is 2. The van der Waals surface area contributed by atoms with Crippen molar-refractivity contribution in [3.8, 4) is 5.75 Å². The van der Waals surface area contributed by atoms with Crippen LogP contribution in [-0.2, 0) is 12.8 Å². The highest BCUT2D eigenvalue weighted by Crippen LogP contribution is 2.13. The number of carbonyl (C=O) groups excluding carboxylic acids is 1. The zero-order valence-corrected chi connectivity index (χ0v) is 14.6. The lowest BCUT2D eigenvalue weighted by atomic mass is 10.1. The number of carbonyl (C=O) groups is 1. The number of hydrogen-bond donors (Lipinski definition) is 2. The van der Waals surface area contributed by atoms with Crippen LogP contribution in [0.3, 0.4) is 0 Å². The molecule has 2 rings (SSSR count). The minimum absolute atomic E-state index is 0.0519. The molecule has 0 heterocycles. The summed E-state index contributed by atoms with van der Waals surface area (Å²) < 4.78 is 5.22. The molecule has 1 unspecified atom stereocenters. The molecule has 128 valence electrons. The topological polar surface area (TPSA) is 50.4 Å². The van der Waals surface area contributed by atoms with Crippen LogP contribution in [-0.4, -0.2) is 25.7 Å². The van der Waals surface area contributed by atoms with Crippen LogP contribution < -0.4 is 15.4 Å². The van der Waals surface area contributed by atoms with Gasteiger partial charge >= 0.3 is 6.03 Å². The van der Waals surface area contributed by atoms with Gasteiger partial charge in [-0.3, -0.25) is 0 Å². The minimum atomic E-state index is -0.127. The van der Waals surface area contributed by atoms with Crippen molar-refractivity contribution in [1.82, 2.24) is 10.6 Å². The van der Waals surface area contributed by atoms with Gasteiger partial charge in [0.15, 0.2) is 0 Å². The molecule has 2 amide bonds. The molecule has 0 aliphatic carbocycles. The van der Waals surface area contributed by atoms with Gasteiger partial charge in [0.05, 0.1) is 7.11 Å². The average molecular weight is 326 g/mol. The molecule has 0 aromatic heterocycles. The summed E-state index contributed by atoms with van der Waals surface area (Å²) in [6.07, 6.45) is 1.60. The summed E-state index contributed by atoms with van der Waals surface area (Å²) in [5.74, 6) is 0.835. The Morgan fingerprint density at radius 2 is 1.88 bits per heavy atom. The normalized spacial score (nSPS) is 11.6. The molecule has 4 heteroatoms. The first kappa shape index (κ1) is 17.9. The molecule has 2 aromatic carbocycles. The summed E-state index contributed by atoms with van der Waals surface area (Å²) in [5, 5.41) is 5.89. The van der Waals surface area contributed by atoms with E-state index in [0.29, 0.717) is 6.54 Å². The van der Waals surface area contributed by atoms with E-state index in [0.717, 1.165) is 24.2 Å². The highest BCUT2D eigenvalue weighted by molar-refractivity contribution is 5.74. The molecule has 2 N–H and O–H groups in total. The van der Waals surface area contributed by atoms with Crippen LogP contribution in [0.4, 0.5) is 4.79 Å². The fourth-order valence-electron chi connectivity index (χ4n) is 2.67. The largest absolute Gasteiger partial charge is 0.497 e. The van der Waals surface area contributed by atoms with Crippen LogP contribution in [0.25, 0.3) is 0 Å². The third-order valence-corrected chi connectivity index (χ3v) is 3.84. The quantitative estimate of drug-likeness (QED) is 0.818. The summed E-state index contributed by atoms with van der Waals surface area (Å²) in [6, 6.07) is 16.2. The predicted molar refractivity (Wildman–Crippen MR) is 97.6 cm³/mol. The number of methoxy groups -OCH3 is 1. The summed E-state index contributed by atoms with van der Waals surface area (Å²) in [7, 11) is 1.66. The Hall–Kier alpha value is -2.49. The second kappa shape index (κ2) is 8.96. The van der Waals surface area contributed by atoms with Gasteiger partial charge in [0.25, 0.3) is 0 Å². The van der Waals surface area contributed by atoms with Gasteiger partial charge < -0.3 is 15.4 Å². The van der Waals surface area contributed by atoms with Crippen molar-refractivity contribution >= 4 is 6.03 Å². The molecule has 0 fully saturated rings. The monoisotopic (exact) mass is 326 g/mol. The highest BCUT2D eigenvalue weighted by Gasteiger charge is 2.08. The van der Waals surface area contributed by atoms with Gasteiger partial charge in [0.2, 0.25) is 0 Å². The molecule has 0 bridgehead atoms. The SMILES string of the molecule is COc1cccc(CC(C)NC(=O)NCCc2cccc(C)c2)c1. The van der Waals surface area contributed by atoms with E-state index < -0.39 is 0 Å². The Labute approximate surface area is 144 Å². The maximum absolute atomic E-state index is 12.0. The smallest absolute Gasteiger partial charge is 0.315 e. The molecule has 2 aromatic rings. The summed E-state index contributed by atoms with van der Waals surface area (Å²) in [4.78, 5) is 12.0. The zero-order chi connectivity index (χ0) is 17.4. The first-order chi connectivity index (χ1) is 11.6. The van der Waals surface area contributed by atoms with Crippen molar-refractivity contribution in [3.63, 3.8) is 0 Å². The van der Waals surface area contributed by atoms with Crippen LogP contribution in [0.2, 0.25) is 0 Å². The molecule has 0 spiro atoms. The van der Waals surface area contributed by atoms with Crippen molar-refractivity contribution < 1.29 is 9.53 Å². The summed E-state index contributed by atoms with van der Waals surface area (Å²) in [6.45, 7) is 4.70. The average Bonchev–Trinajstić information content (AvgIpc) is 2.55. The van der Waals surface area contributed by atoms with Gasteiger partial charge in [0, 0.05) is 12.6 Å². The van der Waals surface area contributed by atoms with Gasteiger partial charge in [0.1, 0.15) is 5.75 Å². The number of amides is 2. The van der Waals surface area contributed by atoms with E-state index in [-0.39, 0.29) is 12.1 Å². The lowest BCUT2D eigenvalue weighted by Crippen LogP contribution is -2.42. The molecule has 0 aliphatic rings. The molecule has 1 atom stereocenters. The standard InChI is InChI=1S/C20H26N2O2/c1-15-6-4-7-17(12-15)10-11-21-20(23)22-16(2)13-18-8-5-9-19(14-18)24-3/h4-9,12,14,16H,10-11,13H2,1-3H3,(H2,21,22,23). The Bertz CT molecular complexity index is 670. The number of aryl methyl sites for hydroxylation is 1. The van der Waals surface area contributed by atoms with Crippen molar-refractivity contribution in [2.24, 2.45) is 0 Å². The van der Waals surface area contributed by atoms with Gasteiger partial charge in [-0.2, -0.15) is 0 Å². The first-order valence-electron chi connectivity index (χ1n) is 8.29. The molecule has 0 saturated heterocycles. The van der Waals surface area contributed by atoms with Crippen molar-refractivity contribution in [2.45, 2.75) is 32.7 Å². The van der Waals surface area contributed by atoms with E-state index in [1.807, 2.05) is 37.3 Å². The van der Waals surface area contributed by atoms with Crippen LogP contribution in [0.1, 0.15) is 23.6 Å². The third kappa shape index (κ3) is 5.95. The van der Waals surface area contributed by atoms with Crippen LogP contribution >= 0.6 is 0 Å². The van der Waals surface area contributed by atoms with Crippen LogP contribution in [0.5, 0.6) is 5.75 Å². The second-order valence-electron chi connectivity index (χ2n) is 6.10. The zero-order valence-electron chi connectivity index (χ0n) is 14.6. The lowest BCUT2D eigenvalue weighted by Gasteiger charge is -2.15. The number of benzene rings is 2. The molecular formula is C20H26N2O2. The number of rotatable bonds is 7. The van der Waals surface area contributed by atoms with E-state index in [1.54, 1.807) is 7.11 Å². The molecule has 0 radical (unpaired) electrons. The van der Waals surface area contributed by atoms with Gasteiger partial charge in [-0.05, 0) is 49.9 Å². The Balaban J connectivity index is 1.73. The Kier molecular flexibility index (Phi) is 6.67. The van der Waals surface area contributed by atoms with Crippen LogP contribution in [0.15, 0.2) is 48.5 Å². The highest BCUT2D eigenvalue weighted by atomic mass is 16.5. The second-order valence-corrected chi connectivity index (χ2v) is 6.10. The number of urea groups is 1. The molecule has 0 aliphatic heterocycles. The van der Waals surface area contributed by atoms with Gasteiger partial charge in [-0.25, -0.2) is 4.79 Å². The molecule has 0 saturated carbocycles. The van der Waals surface area contributed by atoms with E-state index in [2.05, 4.69) is 35.8 Å². The van der Waals surface area contributed by atoms with Gasteiger partial charge in [-0.15, -0.1) is 0 Å². The minimum Gasteiger partial charge on any atom is -0.497 e. The van der Waals surface area contributed by atoms with Gasteiger partial charge in [-0.1, -0.05) is 42.0 Å². The van der Waals surface area contributed by atoms with Crippen molar-refractivity contribution in [3.05, 3.63) is 65.2 Å². The third-order valence-electron chi connectivity index (χ3n) is 3.84. The Morgan fingerprint density at radius 3 is 2.62 bits per heavy atom. The first-order valence-corrected chi connectivity index (χ1v) is 8.29. The number of ether oxygens (including phenoxy) is 1. The Morgan fingerprint density at radius 1 is 1.12 bits per heavy atom. The van der Waals surface area contributed by atoms with Crippen molar-refractivity contribution in [1.29, 1.82) is 0 Å². The predicted octanol–water partition coefficient (Wildman–Crippen LogP) is 3.48. The fraction of sp³-hybridized carbons (Fsp3) is 0.350. The lowest BCUT2D eigenvalue weighted by molar-refractivity contribution is 0.238. The fourth-order valence-corrected chi connectivity index (χ4v) is 2.67. The van der Waals surface area contributed by atoms with E-state index in [4.69, 9.17) is 4.74 Å². The van der Waals surface area contributed by atoms with E-state index >= 15 is 0 Å². The number of nitrogens with one attached hydrogen (secondary N) is 2. The molecule has 4 nitrogen and oxygen atoms in total. The summed E-state index contributed by atoms with van der Waals surface area (Å²) >= 11 is 0. The summed E-state index contributed by atoms with van der Waals surface area (Å²) in [5.41, 5.74) is 3.62. The molecular weight excluding hydrogens is 300 g/mol. The van der Waals surface area contributed by atoms with Crippen LogP contribution in [0, 0.1) is 6.92 Å². The van der Waals surface area contributed by atoms with E-state index in [9.17, 15) is 4.79 Å².